The van der Waals surface area contributed by atoms with E-state index in [0.717, 1.165) is 6.26 Å². The lowest BCUT2D eigenvalue weighted by atomic mass is 10.3. The first-order valence-corrected chi connectivity index (χ1v) is 10.1. The highest BCUT2D eigenvalue weighted by Gasteiger charge is 2.16. The zero-order chi connectivity index (χ0) is 17.3. The van der Waals surface area contributed by atoms with Gasteiger partial charge in [-0.1, -0.05) is 11.6 Å². The monoisotopic (exact) mass is 375 g/mol. The summed E-state index contributed by atoms with van der Waals surface area (Å²) in [5, 5.41) is 0.264. The lowest BCUT2D eigenvalue weighted by Gasteiger charge is -2.10. The van der Waals surface area contributed by atoms with E-state index in [1.165, 1.54) is 49.6 Å². The van der Waals surface area contributed by atoms with Crippen LogP contribution in [0.2, 0.25) is 5.02 Å². The second-order valence-electron chi connectivity index (χ2n) is 4.70. The number of hydrogen-bond acceptors (Lipinski definition) is 5. The molecule has 0 fully saturated rings. The van der Waals surface area contributed by atoms with Crippen LogP contribution in [0, 0.1) is 0 Å². The van der Waals surface area contributed by atoms with Crippen LogP contribution in [0.5, 0.6) is 5.75 Å². The molecule has 0 amide bonds. The molecular formula is C14H14ClNO5S2. The number of ether oxygens (including phenoxy) is 1. The van der Waals surface area contributed by atoms with E-state index in [4.69, 9.17) is 16.3 Å². The van der Waals surface area contributed by atoms with Crippen molar-refractivity contribution < 1.29 is 21.6 Å². The molecule has 2 rings (SSSR count). The third-order valence-electron chi connectivity index (χ3n) is 2.97. The Morgan fingerprint density at radius 2 is 1.52 bits per heavy atom. The van der Waals surface area contributed by atoms with Crippen LogP contribution >= 0.6 is 11.6 Å². The minimum absolute atomic E-state index is 0.0453. The van der Waals surface area contributed by atoms with Gasteiger partial charge >= 0.3 is 0 Å². The van der Waals surface area contributed by atoms with Gasteiger partial charge in [0.2, 0.25) is 0 Å². The molecule has 0 unspecified atom stereocenters. The molecule has 0 aliphatic heterocycles. The Bertz CT molecular complexity index is 922. The molecule has 0 heterocycles. The Hall–Kier alpha value is -1.77. The number of benzene rings is 2. The summed E-state index contributed by atoms with van der Waals surface area (Å²) in [6.07, 6.45) is 1.05. The zero-order valence-corrected chi connectivity index (χ0v) is 14.7. The standard InChI is InChI=1S/C14H14ClNO5S2/c1-21-14-8-3-10(9-13(14)15)16-23(19,20)12-6-4-11(5-7-12)22(2,17)18/h3-9,16H,1-2H3. The topological polar surface area (TPSA) is 89.5 Å². The van der Waals surface area contributed by atoms with E-state index in [1.807, 2.05) is 0 Å². The lowest BCUT2D eigenvalue weighted by molar-refractivity contribution is 0.415. The molecule has 1 N–H and O–H groups in total. The number of halogens is 1. The van der Waals surface area contributed by atoms with Gasteiger partial charge in [0, 0.05) is 6.26 Å². The largest absolute Gasteiger partial charge is 0.495 e. The summed E-state index contributed by atoms with van der Waals surface area (Å²) < 4.78 is 54.7. The van der Waals surface area contributed by atoms with Crippen LogP contribution in [0.15, 0.2) is 52.3 Å². The van der Waals surface area contributed by atoms with E-state index in [2.05, 4.69) is 4.72 Å². The van der Waals surface area contributed by atoms with Crippen LogP contribution in [0.25, 0.3) is 0 Å². The summed E-state index contributed by atoms with van der Waals surface area (Å²) in [5.41, 5.74) is 0.267. The van der Waals surface area contributed by atoms with E-state index in [1.54, 1.807) is 0 Å². The maximum Gasteiger partial charge on any atom is 0.261 e. The van der Waals surface area contributed by atoms with Crippen molar-refractivity contribution in [3.8, 4) is 5.75 Å². The average Bonchev–Trinajstić information content (AvgIpc) is 2.46. The summed E-state index contributed by atoms with van der Waals surface area (Å²) in [5.74, 6) is 0.423. The van der Waals surface area contributed by atoms with Crippen molar-refractivity contribution in [2.75, 3.05) is 18.1 Å². The Morgan fingerprint density at radius 3 is 2.00 bits per heavy atom. The van der Waals surface area contributed by atoms with Crippen molar-refractivity contribution in [3.05, 3.63) is 47.5 Å². The van der Waals surface area contributed by atoms with Gasteiger partial charge < -0.3 is 4.74 Å². The zero-order valence-electron chi connectivity index (χ0n) is 12.3. The molecule has 6 nitrogen and oxygen atoms in total. The fraction of sp³-hybridized carbons (Fsp3) is 0.143. The maximum absolute atomic E-state index is 12.3. The first-order chi connectivity index (χ1) is 10.6. The molecule has 0 saturated carbocycles. The number of nitrogens with one attached hydrogen (secondary N) is 1. The van der Waals surface area contributed by atoms with Gasteiger partial charge in [-0.05, 0) is 42.5 Å². The fourth-order valence-corrected chi connectivity index (χ4v) is 3.75. The number of methoxy groups -OCH3 is 1. The normalized spacial score (nSPS) is 12.0. The van der Waals surface area contributed by atoms with Crippen molar-refractivity contribution >= 4 is 37.1 Å². The highest BCUT2D eigenvalue weighted by Crippen LogP contribution is 2.28. The van der Waals surface area contributed by atoms with E-state index in [0.29, 0.717) is 5.75 Å². The van der Waals surface area contributed by atoms with Gasteiger partial charge in [-0.3, -0.25) is 4.72 Å². The van der Waals surface area contributed by atoms with Crippen LogP contribution in [-0.4, -0.2) is 30.2 Å². The van der Waals surface area contributed by atoms with E-state index < -0.39 is 19.9 Å². The second-order valence-corrected chi connectivity index (χ2v) is 8.80. The van der Waals surface area contributed by atoms with Gasteiger partial charge in [0.05, 0.1) is 27.6 Å². The number of sulfone groups is 1. The summed E-state index contributed by atoms with van der Waals surface area (Å²) in [6.45, 7) is 0. The van der Waals surface area contributed by atoms with Gasteiger partial charge in [-0.25, -0.2) is 16.8 Å². The van der Waals surface area contributed by atoms with Gasteiger partial charge in [-0.15, -0.1) is 0 Å². The summed E-state index contributed by atoms with van der Waals surface area (Å²) >= 11 is 5.95. The maximum atomic E-state index is 12.3. The first-order valence-electron chi connectivity index (χ1n) is 6.30. The molecule has 124 valence electrons. The quantitative estimate of drug-likeness (QED) is 0.867. The van der Waals surface area contributed by atoms with E-state index in [9.17, 15) is 16.8 Å². The fourth-order valence-electron chi connectivity index (χ4n) is 1.81. The molecule has 0 bridgehead atoms. The van der Waals surface area contributed by atoms with Crippen molar-refractivity contribution in [3.63, 3.8) is 0 Å². The predicted octanol–water partition coefficient (Wildman–Crippen LogP) is 2.55. The molecule has 2 aromatic rings. The molecule has 9 heteroatoms. The Kier molecular flexibility index (Phi) is 4.88. The average molecular weight is 376 g/mol. The third kappa shape index (κ3) is 4.15. The molecular weight excluding hydrogens is 362 g/mol. The number of hydrogen-bond donors (Lipinski definition) is 1. The molecule has 0 radical (unpaired) electrons. The number of anilines is 1. The van der Waals surface area contributed by atoms with Crippen molar-refractivity contribution in [2.45, 2.75) is 9.79 Å². The summed E-state index contributed by atoms with van der Waals surface area (Å²) in [4.78, 5) is -0.0132. The minimum Gasteiger partial charge on any atom is -0.495 e. The van der Waals surface area contributed by atoms with E-state index >= 15 is 0 Å². The number of sulfonamides is 1. The molecule has 0 aliphatic carbocycles. The van der Waals surface area contributed by atoms with E-state index in [-0.39, 0.29) is 20.5 Å². The molecule has 0 saturated heterocycles. The summed E-state index contributed by atoms with van der Waals surface area (Å²) in [7, 11) is -5.79. The molecule has 23 heavy (non-hydrogen) atoms. The minimum atomic E-state index is -3.86. The molecule has 2 aromatic carbocycles. The van der Waals surface area contributed by atoms with Crippen LogP contribution in [0.4, 0.5) is 5.69 Å². The number of rotatable bonds is 5. The summed E-state index contributed by atoms with van der Waals surface area (Å²) in [6, 6.07) is 9.40. The molecule has 0 atom stereocenters. The Morgan fingerprint density at radius 1 is 0.957 bits per heavy atom. The van der Waals surface area contributed by atoms with Gasteiger partial charge in [-0.2, -0.15) is 0 Å². The highest BCUT2D eigenvalue weighted by molar-refractivity contribution is 7.92. The Labute approximate surface area is 140 Å². The van der Waals surface area contributed by atoms with Crippen LogP contribution < -0.4 is 9.46 Å². The van der Waals surface area contributed by atoms with Gasteiger partial charge in [0.1, 0.15) is 5.75 Å². The van der Waals surface area contributed by atoms with Crippen molar-refractivity contribution in [2.24, 2.45) is 0 Å². The SMILES string of the molecule is COc1ccc(NS(=O)(=O)c2ccc(S(C)(=O)=O)cc2)cc1Cl. The van der Waals surface area contributed by atoms with Crippen LogP contribution in [-0.2, 0) is 19.9 Å². The van der Waals surface area contributed by atoms with Crippen LogP contribution in [0.3, 0.4) is 0 Å². The first kappa shape index (κ1) is 17.6. The Balaban J connectivity index is 2.30. The van der Waals surface area contributed by atoms with Crippen LogP contribution in [0.1, 0.15) is 0 Å². The van der Waals surface area contributed by atoms with Crippen molar-refractivity contribution in [1.29, 1.82) is 0 Å². The lowest BCUT2D eigenvalue weighted by Crippen LogP contribution is -2.13. The molecule has 0 spiro atoms. The van der Waals surface area contributed by atoms with Crippen molar-refractivity contribution in [1.82, 2.24) is 0 Å². The molecule has 0 aliphatic rings. The predicted molar refractivity (Wildman–Crippen MR) is 88.4 cm³/mol. The third-order valence-corrected chi connectivity index (χ3v) is 5.79. The highest BCUT2D eigenvalue weighted by atomic mass is 35.5. The molecule has 0 aromatic heterocycles. The van der Waals surface area contributed by atoms with Gasteiger partial charge in [0.25, 0.3) is 10.0 Å². The smallest absolute Gasteiger partial charge is 0.261 e. The second kappa shape index (κ2) is 6.38. The van der Waals surface area contributed by atoms with Gasteiger partial charge in [0.15, 0.2) is 9.84 Å².